The Morgan fingerprint density at radius 3 is 2.71 bits per heavy atom. The average molecular weight is 244 g/mol. The van der Waals surface area contributed by atoms with Crippen LogP contribution in [0.3, 0.4) is 0 Å². The molecule has 1 aliphatic rings. The molecule has 94 valence electrons. The number of nitrogens with two attached hydrogens (primary N) is 1. The lowest BCUT2D eigenvalue weighted by molar-refractivity contribution is -0.0554. The van der Waals surface area contributed by atoms with E-state index >= 15 is 0 Å². The summed E-state index contributed by atoms with van der Waals surface area (Å²) in [5, 5.41) is 28.1. The molecular weight excluding hydrogens is 232 g/mol. The largest absolute Gasteiger partial charge is 0.394 e. The maximum absolute atomic E-state index is 11.5. The first-order valence-corrected chi connectivity index (χ1v) is 4.87. The average Bonchev–Trinajstić information content (AvgIpc) is 2.57. The summed E-state index contributed by atoms with van der Waals surface area (Å²) in [6.45, 7) is -0.473. The molecule has 9 heteroatoms. The molecule has 4 atom stereocenters. The maximum Gasteiger partial charge on any atom is 0.354 e. The first-order valence-electron chi connectivity index (χ1n) is 4.87. The third-order valence-electron chi connectivity index (χ3n) is 2.54. The molecule has 0 bridgehead atoms. The molecule has 0 radical (unpaired) electrons. The van der Waals surface area contributed by atoms with Crippen molar-refractivity contribution in [2.45, 2.75) is 24.5 Å². The summed E-state index contributed by atoms with van der Waals surface area (Å²) in [6, 6.07) is 0. The Hall–Kier alpha value is -1.55. The van der Waals surface area contributed by atoms with Gasteiger partial charge in [-0.25, -0.2) is 9.78 Å². The number of hydrogen-bond donors (Lipinski definition) is 4. The molecule has 2 rings (SSSR count). The third-order valence-corrected chi connectivity index (χ3v) is 2.54. The van der Waals surface area contributed by atoms with Gasteiger partial charge in [-0.2, -0.15) is 4.98 Å². The summed E-state index contributed by atoms with van der Waals surface area (Å²) >= 11 is 0. The van der Waals surface area contributed by atoms with Gasteiger partial charge < -0.3 is 25.8 Å². The van der Waals surface area contributed by atoms with Crippen LogP contribution in [0.15, 0.2) is 11.1 Å². The van der Waals surface area contributed by atoms with E-state index in [1.807, 2.05) is 0 Å². The number of nitrogens with zero attached hydrogens (tertiary/aromatic N) is 3. The van der Waals surface area contributed by atoms with Gasteiger partial charge in [0.15, 0.2) is 6.23 Å². The molecule has 1 aromatic heterocycles. The van der Waals surface area contributed by atoms with Crippen molar-refractivity contribution in [1.82, 2.24) is 14.5 Å². The van der Waals surface area contributed by atoms with Gasteiger partial charge in [0.05, 0.1) is 6.61 Å². The van der Waals surface area contributed by atoms with Gasteiger partial charge in [-0.15, -0.1) is 0 Å². The molecule has 17 heavy (non-hydrogen) atoms. The van der Waals surface area contributed by atoms with Crippen LogP contribution in [-0.4, -0.2) is 54.8 Å². The van der Waals surface area contributed by atoms with E-state index in [1.165, 1.54) is 0 Å². The van der Waals surface area contributed by atoms with Crippen molar-refractivity contribution >= 4 is 5.95 Å². The summed E-state index contributed by atoms with van der Waals surface area (Å²) in [7, 11) is 0. The van der Waals surface area contributed by atoms with Crippen LogP contribution in [0, 0.1) is 0 Å². The summed E-state index contributed by atoms with van der Waals surface area (Å²) in [4.78, 5) is 18.4. The summed E-state index contributed by atoms with van der Waals surface area (Å²) in [5.74, 6) is -0.196. The van der Waals surface area contributed by atoms with Gasteiger partial charge in [-0.1, -0.05) is 0 Å². The minimum Gasteiger partial charge on any atom is -0.394 e. The predicted molar refractivity (Wildman–Crippen MR) is 53.7 cm³/mol. The van der Waals surface area contributed by atoms with Crippen molar-refractivity contribution in [3.63, 3.8) is 0 Å². The van der Waals surface area contributed by atoms with Gasteiger partial charge in [0.1, 0.15) is 24.6 Å². The molecule has 1 aromatic rings. The fourth-order valence-corrected chi connectivity index (χ4v) is 1.64. The second kappa shape index (κ2) is 4.37. The molecule has 0 unspecified atom stereocenters. The maximum atomic E-state index is 11.5. The molecule has 0 aromatic carbocycles. The molecule has 1 fully saturated rings. The molecule has 5 N–H and O–H groups in total. The van der Waals surface area contributed by atoms with Gasteiger partial charge in [-0.3, -0.25) is 4.57 Å². The summed E-state index contributed by atoms with van der Waals surface area (Å²) in [6.07, 6.45) is -3.67. The van der Waals surface area contributed by atoms with Crippen molar-refractivity contribution in [2.75, 3.05) is 12.3 Å². The van der Waals surface area contributed by atoms with E-state index in [4.69, 9.17) is 15.6 Å². The standard InChI is InChI=1S/C8H12N4O5/c9-7-10-2-12(8(16)11-7)6-5(15)4(14)3(1-13)17-6/h2-6,13-15H,1H2,(H2,9,11,16)/t3-,4+,5-,6-/m1/s1. The number of aliphatic hydroxyl groups excluding tert-OH is 3. The van der Waals surface area contributed by atoms with Crippen LogP contribution < -0.4 is 11.4 Å². The zero-order chi connectivity index (χ0) is 12.6. The van der Waals surface area contributed by atoms with E-state index in [9.17, 15) is 15.0 Å². The van der Waals surface area contributed by atoms with Crippen LogP contribution in [-0.2, 0) is 4.74 Å². The second-order valence-corrected chi connectivity index (χ2v) is 3.63. The van der Waals surface area contributed by atoms with E-state index in [0.29, 0.717) is 0 Å². The van der Waals surface area contributed by atoms with Crippen LogP contribution in [0.4, 0.5) is 5.95 Å². The second-order valence-electron chi connectivity index (χ2n) is 3.63. The van der Waals surface area contributed by atoms with E-state index < -0.39 is 36.8 Å². The molecule has 0 spiro atoms. The minimum atomic E-state index is -1.35. The van der Waals surface area contributed by atoms with Gasteiger partial charge in [0, 0.05) is 0 Å². The quantitative estimate of drug-likeness (QED) is 0.426. The Bertz CT molecular complexity index is 463. The Morgan fingerprint density at radius 2 is 2.18 bits per heavy atom. The Kier molecular flexibility index (Phi) is 3.07. The number of rotatable bonds is 2. The monoisotopic (exact) mass is 244 g/mol. The van der Waals surface area contributed by atoms with E-state index in [0.717, 1.165) is 10.9 Å². The molecule has 2 heterocycles. The van der Waals surface area contributed by atoms with Crippen molar-refractivity contribution in [1.29, 1.82) is 0 Å². The highest BCUT2D eigenvalue weighted by molar-refractivity contribution is 5.10. The highest BCUT2D eigenvalue weighted by atomic mass is 16.6. The molecule has 1 aliphatic heterocycles. The molecule has 0 amide bonds. The number of nitrogen functional groups attached to an aromatic ring is 1. The first-order chi connectivity index (χ1) is 8.04. The van der Waals surface area contributed by atoms with E-state index in [2.05, 4.69) is 9.97 Å². The Labute approximate surface area is 95.1 Å². The number of ether oxygens (including phenoxy) is 1. The molecular formula is C8H12N4O5. The van der Waals surface area contributed by atoms with Gasteiger partial charge in [0.25, 0.3) is 0 Å². The zero-order valence-electron chi connectivity index (χ0n) is 8.67. The SMILES string of the molecule is Nc1ncn([C@@H]2O[C@H](CO)[C@H](O)[C@H]2O)c(=O)n1. The lowest BCUT2D eigenvalue weighted by atomic mass is 10.1. The lowest BCUT2D eigenvalue weighted by Gasteiger charge is -2.16. The fraction of sp³-hybridized carbons (Fsp3) is 0.625. The van der Waals surface area contributed by atoms with Crippen molar-refractivity contribution in [3.8, 4) is 0 Å². The first kappa shape index (κ1) is 11.9. The van der Waals surface area contributed by atoms with Gasteiger partial charge in [-0.05, 0) is 0 Å². The summed E-state index contributed by atoms with van der Waals surface area (Å²) < 4.78 is 6.04. The number of hydrogen-bond acceptors (Lipinski definition) is 8. The van der Waals surface area contributed by atoms with Crippen molar-refractivity contribution < 1.29 is 20.1 Å². The molecule has 1 saturated heterocycles. The zero-order valence-corrected chi connectivity index (χ0v) is 8.67. The van der Waals surface area contributed by atoms with Crippen LogP contribution in [0.25, 0.3) is 0 Å². The highest BCUT2D eigenvalue weighted by Crippen LogP contribution is 2.27. The van der Waals surface area contributed by atoms with Crippen molar-refractivity contribution in [3.05, 3.63) is 16.8 Å². The predicted octanol–water partition coefficient (Wildman–Crippen LogP) is -3.17. The smallest absolute Gasteiger partial charge is 0.354 e. The van der Waals surface area contributed by atoms with Crippen LogP contribution in [0.2, 0.25) is 0 Å². The van der Waals surface area contributed by atoms with Crippen LogP contribution in [0.5, 0.6) is 0 Å². The third kappa shape index (κ3) is 2.00. The number of anilines is 1. The molecule has 0 saturated carbocycles. The van der Waals surface area contributed by atoms with Gasteiger partial charge in [0.2, 0.25) is 5.95 Å². The van der Waals surface area contributed by atoms with Crippen molar-refractivity contribution in [2.24, 2.45) is 0 Å². The minimum absolute atomic E-state index is 0.196. The Morgan fingerprint density at radius 1 is 1.47 bits per heavy atom. The summed E-state index contributed by atoms with van der Waals surface area (Å²) in [5.41, 5.74) is 4.46. The van der Waals surface area contributed by atoms with Crippen LogP contribution >= 0.6 is 0 Å². The fourth-order valence-electron chi connectivity index (χ4n) is 1.64. The van der Waals surface area contributed by atoms with Crippen LogP contribution in [0.1, 0.15) is 6.23 Å². The molecule has 9 nitrogen and oxygen atoms in total. The lowest BCUT2D eigenvalue weighted by Crippen LogP contribution is -2.36. The van der Waals surface area contributed by atoms with E-state index in [-0.39, 0.29) is 5.95 Å². The van der Waals surface area contributed by atoms with E-state index in [1.54, 1.807) is 0 Å². The van der Waals surface area contributed by atoms with Gasteiger partial charge >= 0.3 is 5.69 Å². The topological polar surface area (TPSA) is 144 Å². The highest BCUT2D eigenvalue weighted by Gasteiger charge is 2.43. The normalized spacial score (nSPS) is 32.9. The Balaban J connectivity index is 2.32. The molecule has 0 aliphatic carbocycles. The number of aliphatic hydroxyl groups is 3. The number of aromatic nitrogens is 3.